The number of unbranched alkanes of at least 4 members (excludes halogenated alkanes) is 11. The molecular formula is C22H44O2. The van der Waals surface area contributed by atoms with Gasteiger partial charge in [-0.05, 0) is 19.3 Å². The summed E-state index contributed by atoms with van der Waals surface area (Å²) in [4.78, 5) is 12.4. The lowest BCUT2D eigenvalue weighted by Crippen LogP contribution is -2.18. The van der Waals surface area contributed by atoms with Gasteiger partial charge in [0.15, 0.2) is 0 Å². The van der Waals surface area contributed by atoms with Gasteiger partial charge in [-0.15, -0.1) is 0 Å². The number of carbonyl (C=O) groups is 1. The predicted molar refractivity (Wildman–Crippen MR) is 105 cm³/mol. The minimum absolute atomic E-state index is 0.0774. The van der Waals surface area contributed by atoms with Crippen molar-refractivity contribution >= 4 is 5.97 Å². The average molecular weight is 341 g/mol. The van der Waals surface area contributed by atoms with Crippen molar-refractivity contribution in [3.8, 4) is 0 Å². The summed E-state index contributed by atoms with van der Waals surface area (Å²) >= 11 is 0. The van der Waals surface area contributed by atoms with E-state index < -0.39 is 0 Å². The Balaban J connectivity index is 3.83. The van der Waals surface area contributed by atoms with Gasteiger partial charge < -0.3 is 4.74 Å². The third-order valence-corrected chi connectivity index (χ3v) is 4.89. The van der Waals surface area contributed by atoms with Crippen LogP contribution in [-0.2, 0) is 9.53 Å². The van der Waals surface area contributed by atoms with Crippen LogP contribution in [-0.4, -0.2) is 12.6 Å². The molecule has 2 nitrogen and oxygen atoms in total. The number of rotatable bonds is 18. The molecule has 2 heteroatoms. The zero-order valence-electron chi connectivity index (χ0n) is 16.9. The maximum Gasteiger partial charge on any atom is 0.308 e. The second kappa shape index (κ2) is 18.8. The fourth-order valence-corrected chi connectivity index (χ4v) is 3.19. The largest absolute Gasteiger partial charge is 0.465 e. The van der Waals surface area contributed by atoms with Crippen LogP contribution in [0.3, 0.4) is 0 Å². The number of hydrogen-bond donors (Lipinski definition) is 0. The van der Waals surface area contributed by atoms with Crippen LogP contribution in [0.1, 0.15) is 124 Å². The second-order valence-electron chi connectivity index (χ2n) is 7.33. The van der Waals surface area contributed by atoms with E-state index in [1.807, 2.05) is 0 Å². The summed E-state index contributed by atoms with van der Waals surface area (Å²) in [5, 5.41) is 0. The topological polar surface area (TPSA) is 26.3 Å². The Morgan fingerprint density at radius 2 is 1.04 bits per heavy atom. The maximum atomic E-state index is 12.4. The van der Waals surface area contributed by atoms with Gasteiger partial charge in [-0.3, -0.25) is 4.79 Å². The van der Waals surface area contributed by atoms with Crippen LogP contribution in [0, 0.1) is 5.92 Å². The Kier molecular flexibility index (Phi) is 18.4. The first-order valence-electron chi connectivity index (χ1n) is 10.9. The van der Waals surface area contributed by atoms with Crippen molar-refractivity contribution in [2.24, 2.45) is 5.92 Å². The molecule has 0 aromatic carbocycles. The van der Waals surface area contributed by atoms with E-state index in [0.29, 0.717) is 6.61 Å². The molecule has 0 spiro atoms. The van der Waals surface area contributed by atoms with E-state index in [1.54, 1.807) is 0 Å². The first-order valence-corrected chi connectivity index (χ1v) is 10.9. The van der Waals surface area contributed by atoms with Gasteiger partial charge in [-0.25, -0.2) is 0 Å². The summed E-state index contributed by atoms with van der Waals surface area (Å²) < 4.78 is 5.58. The lowest BCUT2D eigenvalue weighted by Gasteiger charge is -2.16. The van der Waals surface area contributed by atoms with Gasteiger partial charge in [-0.2, -0.15) is 0 Å². The van der Waals surface area contributed by atoms with Crippen LogP contribution in [0.15, 0.2) is 0 Å². The monoisotopic (exact) mass is 340 g/mol. The van der Waals surface area contributed by atoms with E-state index in [1.165, 1.54) is 83.5 Å². The van der Waals surface area contributed by atoms with Gasteiger partial charge in [-0.1, -0.05) is 104 Å². The van der Waals surface area contributed by atoms with Gasteiger partial charge >= 0.3 is 5.97 Å². The van der Waals surface area contributed by atoms with Gasteiger partial charge in [0.25, 0.3) is 0 Å². The molecule has 0 aliphatic heterocycles. The molecule has 0 saturated carbocycles. The zero-order valence-corrected chi connectivity index (χ0v) is 16.9. The molecule has 0 amide bonds. The normalized spacial score (nSPS) is 12.3. The van der Waals surface area contributed by atoms with E-state index in [0.717, 1.165) is 19.3 Å². The molecule has 0 fully saturated rings. The predicted octanol–water partition coefficient (Wildman–Crippen LogP) is 7.45. The first kappa shape index (κ1) is 23.5. The molecule has 0 N–H and O–H groups in total. The number of hydrogen-bond acceptors (Lipinski definition) is 2. The molecule has 0 aromatic rings. The van der Waals surface area contributed by atoms with Crippen molar-refractivity contribution in [2.75, 3.05) is 6.61 Å². The lowest BCUT2D eigenvalue weighted by atomic mass is 9.95. The summed E-state index contributed by atoms with van der Waals surface area (Å²) in [6.07, 6.45) is 19.5. The second-order valence-corrected chi connectivity index (χ2v) is 7.33. The van der Waals surface area contributed by atoms with Crippen molar-refractivity contribution in [3.63, 3.8) is 0 Å². The minimum atomic E-state index is 0.0774. The Labute approximate surface area is 152 Å². The van der Waals surface area contributed by atoms with Crippen molar-refractivity contribution in [1.29, 1.82) is 0 Å². The fourth-order valence-electron chi connectivity index (χ4n) is 3.19. The molecule has 1 unspecified atom stereocenters. The quantitative estimate of drug-likeness (QED) is 0.191. The number of esters is 1. The van der Waals surface area contributed by atoms with Gasteiger partial charge in [0.05, 0.1) is 12.5 Å². The van der Waals surface area contributed by atoms with Gasteiger partial charge in [0.2, 0.25) is 0 Å². The Bertz CT molecular complexity index is 263. The van der Waals surface area contributed by atoms with Crippen LogP contribution in [0.25, 0.3) is 0 Å². The summed E-state index contributed by atoms with van der Waals surface area (Å²) in [6.45, 7) is 7.33. The summed E-state index contributed by atoms with van der Waals surface area (Å²) in [5.74, 6) is 0.228. The highest BCUT2D eigenvalue weighted by molar-refractivity contribution is 5.72. The van der Waals surface area contributed by atoms with Crippen LogP contribution in [0.2, 0.25) is 0 Å². The van der Waals surface area contributed by atoms with Crippen LogP contribution < -0.4 is 0 Å². The lowest BCUT2D eigenvalue weighted by molar-refractivity contribution is -0.149. The highest BCUT2D eigenvalue weighted by atomic mass is 16.5. The van der Waals surface area contributed by atoms with Crippen LogP contribution >= 0.6 is 0 Å². The van der Waals surface area contributed by atoms with Crippen molar-refractivity contribution in [1.82, 2.24) is 0 Å². The van der Waals surface area contributed by atoms with Crippen molar-refractivity contribution in [2.45, 2.75) is 124 Å². The Morgan fingerprint density at radius 3 is 1.62 bits per heavy atom. The fraction of sp³-hybridized carbons (Fsp3) is 0.955. The molecule has 0 aliphatic rings. The molecule has 0 aliphatic carbocycles. The Hall–Kier alpha value is -0.530. The van der Waals surface area contributed by atoms with Crippen molar-refractivity contribution < 1.29 is 9.53 Å². The van der Waals surface area contributed by atoms with E-state index in [2.05, 4.69) is 20.8 Å². The molecule has 0 bridgehead atoms. The maximum absolute atomic E-state index is 12.4. The molecule has 0 saturated heterocycles. The average Bonchev–Trinajstić information content (AvgIpc) is 2.59. The molecule has 0 heterocycles. The smallest absolute Gasteiger partial charge is 0.308 e. The molecule has 0 aromatic heterocycles. The van der Waals surface area contributed by atoms with Crippen LogP contribution in [0.5, 0.6) is 0 Å². The SMILES string of the molecule is CCCCCCCCCOC(=O)C(CCCCC)CCCCCC. The number of carbonyl (C=O) groups excluding carboxylic acids is 1. The van der Waals surface area contributed by atoms with E-state index >= 15 is 0 Å². The summed E-state index contributed by atoms with van der Waals surface area (Å²) in [6, 6.07) is 0. The van der Waals surface area contributed by atoms with Crippen LogP contribution in [0.4, 0.5) is 0 Å². The van der Waals surface area contributed by atoms with Crippen molar-refractivity contribution in [3.05, 3.63) is 0 Å². The summed E-state index contributed by atoms with van der Waals surface area (Å²) in [7, 11) is 0. The molecule has 0 rings (SSSR count). The highest BCUT2D eigenvalue weighted by Gasteiger charge is 2.19. The minimum Gasteiger partial charge on any atom is -0.465 e. The molecule has 24 heavy (non-hydrogen) atoms. The third kappa shape index (κ3) is 15.0. The van der Waals surface area contributed by atoms with Gasteiger partial charge in [0, 0.05) is 0 Å². The zero-order chi connectivity index (χ0) is 17.9. The third-order valence-electron chi connectivity index (χ3n) is 4.89. The van der Waals surface area contributed by atoms with Gasteiger partial charge in [0.1, 0.15) is 0 Å². The molecular weight excluding hydrogens is 296 g/mol. The molecule has 144 valence electrons. The van der Waals surface area contributed by atoms with E-state index in [9.17, 15) is 4.79 Å². The van der Waals surface area contributed by atoms with E-state index in [-0.39, 0.29) is 11.9 Å². The highest BCUT2D eigenvalue weighted by Crippen LogP contribution is 2.20. The summed E-state index contributed by atoms with van der Waals surface area (Å²) in [5.41, 5.74) is 0. The number of ether oxygens (including phenoxy) is 1. The molecule has 1 atom stereocenters. The first-order chi connectivity index (χ1) is 11.8. The molecule has 0 radical (unpaired) electrons. The van der Waals surface area contributed by atoms with E-state index in [4.69, 9.17) is 4.74 Å². The standard InChI is InChI=1S/C22H44O2/c1-4-7-10-12-13-14-17-20-24-22(23)21(18-15-9-6-3)19-16-11-8-5-2/h21H,4-20H2,1-3H3. The Morgan fingerprint density at radius 1 is 0.625 bits per heavy atom.